The van der Waals surface area contributed by atoms with E-state index in [9.17, 15) is 0 Å². The zero-order chi connectivity index (χ0) is 20.2. The van der Waals surface area contributed by atoms with Gasteiger partial charge in [0.1, 0.15) is 0 Å². The molecule has 26 heavy (non-hydrogen) atoms. The van der Waals surface area contributed by atoms with Crippen molar-refractivity contribution in [1.29, 1.82) is 0 Å². The van der Waals surface area contributed by atoms with Crippen molar-refractivity contribution in [3.63, 3.8) is 0 Å². The molecule has 0 aliphatic rings. The van der Waals surface area contributed by atoms with Gasteiger partial charge in [-0.15, -0.1) is 0 Å². The molecular weight excluding hydrogens is 312 g/mol. The predicted octanol–water partition coefficient (Wildman–Crippen LogP) is 8.35. The molecule has 0 saturated heterocycles. The summed E-state index contributed by atoms with van der Waals surface area (Å²) in [5.74, 6) is 0. The van der Waals surface area contributed by atoms with E-state index in [1.54, 1.807) is 0 Å². The third-order valence-electron chi connectivity index (χ3n) is 3.05. The van der Waals surface area contributed by atoms with E-state index < -0.39 is 0 Å². The summed E-state index contributed by atoms with van der Waals surface area (Å²) in [5, 5.41) is 0. The van der Waals surface area contributed by atoms with E-state index in [4.69, 9.17) is 0 Å². The van der Waals surface area contributed by atoms with Crippen molar-refractivity contribution in [3.8, 4) is 0 Å². The van der Waals surface area contributed by atoms with Gasteiger partial charge in [0.05, 0.1) is 0 Å². The summed E-state index contributed by atoms with van der Waals surface area (Å²) >= 11 is 0. The highest BCUT2D eigenvalue weighted by Gasteiger charge is 1.80. The van der Waals surface area contributed by atoms with Gasteiger partial charge in [0.25, 0.3) is 0 Å². The molecule has 0 nitrogen and oxygen atoms in total. The predicted molar refractivity (Wildman–Crippen MR) is 121 cm³/mol. The van der Waals surface area contributed by atoms with Crippen molar-refractivity contribution in [2.75, 3.05) is 0 Å². The lowest BCUT2D eigenvalue weighted by Crippen LogP contribution is -1.71. The summed E-state index contributed by atoms with van der Waals surface area (Å²) in [6, 6.07) is 29.0. The maximum absolute atomic E-state index is 2.17. The van der Waals surface area contributed by atoms with Crippen molar-refractivity contribution >= 4 is 0 Å². The molecule has 3 aromatic carbocycles. The maximum Gasteiger partial charge on any atom is -0.0398 e. The smallest absolute Gasteiger partial charge is 0.0398 e. The molecule has 0 aliphatic carbocycles. The second kappa shape index (κ2) is 19.0. The van der Waals surface area contributed by atoms with Gasteiger partial charge in [-0.05, 0) is 27.7 Å². The molecular formula is C26H38. The third kappa shape index (κ3) is 16.5. The fraction of sp³-hybridized carbons (Fsp3) is 0.308. The fourth-order valence-electron chi connectivity index (χ4n) is 1.88. The van der Waals surface area contributed by atoms with Gasteiger partial charge < -0.3 is 0 Å². The van der Waals surface area contributed by atoms with Crippen LogP contribution in [0.4, 0.5) is 0 Å². The molecule has 0 radical (unpaired) electrons. The van der Waals surface area contributed by atoms with Gasteiger partial charge in [0.15, 0.2) is 0 Å². The monoisotopic (exact) mass is 350 g/mol. The quantitative estimate of drug-likeness (QED) is 0.382. The van der Waals surface area contributed by atoms with E-state index in [1.165, 1.54) is 22.3 Å². The molecule has 0 N–H and O–H groups in total. The van der Waals surface area contributed by atoms with Crippen LogP contribution in [0.2, 0.25) is 0 Å². The Labute approximate surface area is 162 Å². The Morgan fingerprint density at radius 2 is 0.615 bits per heavy atom. The lowest BCUT2D eigenvalue weighted by Gasteiger charge is -1.90. The van der Waals surface area contributed by atoms with Crippen LogP contribution in [-0.4, -0.2) is 0 Å². The van der Waals surface area contributed by atoms with E-state index in [0.29, 0.717) is 0 Å². The first-order valence-corrected chi connectivity index (χ1v) is 9.64. The van der Waals surface area contributed by atoms with Gasteiger partial charge in [0.2, 0.25) is 0 Å². The second-order valence-electron chi connectivity index (χ2n) is 5.47. The summed E-state index contributed by atoms with van der Waals surface area (Å²) in [6.45, 7) is 16.4. The first-order chi connectivity index (χ1) is 12.6. The summed E-state index contributed by atoms with van der Waals surface area (Å²) in [4.78, 5) is 0. The van der Waals surface area contributed by atoms with Crippen LogP contribution in [0.1, 0.15) is 49.9 Å². The number of aryl methyl sites for hydroxylation is 4. The van der Waals surface area contributed by atoms with E-state index >= 15 is 0 Å². The van der Waals surface area contributed by atoms with Crippen LogP contribution in [0, 0.1) is 27.7 Å². The van der Waals surface area contributed by atoms with Crippen molar-refractivity contribution in [2.24, 2.45) is 0 Å². The summed E-state index contributed by atoms with van der Waals surface area (Å²) < 4.78 is 0. The van der Waals surface area contributed by atoms with E-state index in [1.807, 2.05) is 64.1 Å². The summed E-state index contributed by atoms with van der Waals surface area (Å²) in [7, 11) is 0. The fourth-order valence-corrected chi connectivity index (χ4v) is 1.88. The molecule has 0 fully saturated rings. The Balaban J connectivity index is 0. The van der Waals surface area contributed by atoms with Crippen LogP contribution in [0.25, 0.3) is 0 Å². The molecule has 3 rings (SSSR count). The Morgan fingerprint density at radius 3 is 0.769 bits per heavy atom. The van der Waals surface area contributed by atoms with Gasteiger partial charge in [-0.2, -0.15) is 0 Å². The normalized spacial score (nSPS) is 8.00. The molecule has 0 aliphatic heterocycles. The molecule has 0 unspecified atom stereocenters. The highest BCUT2D eigenvalue weighted by atomic mass is 13.9. The zero-order valence-electron chi connectivity index (χ0n) is 18.1. The minimum absolute atomic E-state index is 1.32. The molecule has 0 saturated carbocycles. The molecule has 0 bridgehead atoms. The number of rotatable bonds is 0. The lowest BCUT2D eigenvalue weighted by molar-refractivity contribution is 1.39. The molecule has 0 spiro atoms. The van der Waals surface area contributed by atoms with Gasteiger partial charge in [-0.1, -0.05) is 135 Å². The van der Waals surface area contributed by atoms with E-state index in [2.05, 4.69) is 76.2 Å². The average molecular weight is 351 g/mol. The van der Waals surface area contributed by atoms with E-state index in [-0.39, 0.29) is 0 Å². The van der Waals surface area contributed by atoms with Gasteiger partial charge in [0, 0.05) is 0 Å². The van der Waals surface area contributed by atoms with Crippen LogP contribution >= 0.6 is 0 Å². The molecule has 0 heterocycles. The summed E-state index contributed by atoms with van der Waals surface area (Å²) in [5.41, 5.74) is 5.32. The Morgan fingerprint density at radius 1 is 0.346 bits per heavy atom. The average Bonchev–Trinajstić information content (AvgIpc) is 2.67. The third-order valence-corrected chi connectivity index (χ3v) is 3.05. The largest absolute Gasteiger partial charge is 0.0683 e. The maximum atomic E-state index is 2.17. The van der Waals surface area contributed by atoms with Crippen LogP contribution in [0.5, 0.6) is 0 Å². The molecule has 0 atom stereocenters. The lowest BCUT2D eigenvalue weighted by atomic mass is 10.2. The second-order valence-corrected chi connectivity index (χ2v) is 5.47. The first-order valence-electron chi connectivity index (χ1n) is 9.64. The van der Waals surface area contributed by atoms with Crippen LogP contribution in [0.15, 0.2) is 84.9 Å². The minimum Gasteiger partial charge on any atom is -0.0683 e. The van der Waals surface area contributed by atoms with Gasteiger partial charge in [-0.3, -0.25) is 0 Å². The molecule has 142 valence electrons. The van der Waals surface area contributed by atoms with Crippen LogP contribution in [-0.2, 0) is 0 Å². The van der Waals surface area contributed by atoms with Gasteiger partial charge >= 0.3 is 0 Å². The summed E-state index contributed by atoms with van der Waals surface area (Å²) in [6.07, 6.45) is 0. The van der Waals surface area contributed by atoms with Crippen molar-refractivity contribution in [1.82, 2.24) is 0 Å². The molecule has 0 aromatic heterocycles. The van der Waals surface area contributed by atoms with Crippen molar-refractivity contribution < 1.29 is 0 Å². The van der Waals surface area contributed by atoms with Crippen LogP contribution < -0.4 is 0 Å². The number of hydrogen-bond acceptors (Lipinski definition) is 0. The SMILES string of the molecule is CC.CC.Cc1cccc(C)c1.Cc1ccccc1.Cc1ccccc1. The van der Waals surface area contributed by atoms with Gasteiger partial charge in [-0.25, -0.2) is 0 Å². The Bertz CT molecular complexity index is 570. The Kier molecular flexibility index (Phi) is 18.9. The minimum atomic E-state index is 1.32. The Hall–Kier alpha value is -2.34. The molecule has 0 amide bonds. The molecule has 3 aromatic rings. The van der Waals surface area contributed by atoms with E-state index in [0.717, 1.165) is 0 Å². The number of benzene rings is 3. The topological polar surface area (TPSA) is 0 Å². The highest BCUT2D eigenvalue weighted by molar-refractivity contribution is 5.20. The number of hydrogen-bond donors (Lipinski definition) is 0. The standard InChI is InChI=1S/C8H10.2C7H8.2C2H6/c1-7-4-3-5-8(2)6-7;2*1-7-5-3-2-4-6-7;2*1-2/h3-6H,1-2H3;2*2-6H,1H3;2*1-2H3. The molecule has 0 heteroatoms. The zero-order valence-corrected chi connectivity index (χ0v) is 18.1. The highest BCUT2D eigenvalue weighted by Crippen LogP contribution is 2.00. The van der Waals surface area contributed by atoms with Crippen LogP contribution in [0.3, 0.4) is 0 Å². The van der Waals surface area contributed by atoms with Crippen molar-refractivity contribution in [2.45, 2.75) is 55.4 Å². The first kappa shape index (κ1) is 25.9. The van der Waals surface area contributed by atoms with Crippen molar-refractivity contribution in [3.05, 3.63) is 107 Å².